The van der Waals surface area contributed by atoms with Crippen LogP contribution in [0.2, 0.25) is 0 Å². The fourth-order valence-corrected chi connectivity index (χ4v) is 3.09. The van der Waals surface area contributed by atoms with E-state index < -0.39 is 12.2 Å². The van der Waals surface area contributed by atoms with E-state index in [2.05, 4.69) is 10.6 Å². The number of nitrogens with one attached hydrogen (secondary N) is 2. The van der Waals surface area contributed by atoms with Crippen LogP contribution in [-0.2, 0) is 20.7 Å². The molecular formula is C21H22N2O4. The van der Waals surface area contributed by atoms with E-state index in [1.807, 2.05) is 48.5 Å². The maximum Gasteiger partial charge on any atom is 0.323 e. The van der Waals surface area contributed by atoms with Gasteiger partial charge in [-0.2, -0.15) is 0 Å². The van der Waals surface area contributed by atoms with E-state index in [1.165, 1.54) is 13.2 Å². The molecule has 2 aromatic carbocycles. The van der Waals surface area contributed by atoms with E-state index in [4.69, 9.17) is 9.47 Å². The lowest BCUT2D eigenvalue weighted by molar-refractivity contribution is -0.143. The first-order chi connectivity index (χ1) is 13.1. The molecular weight excluding hydrogens is 344 g/mol. The fraction of sp³-hybridized carbons (Fsp3) is 0.238. The van der Waals surface area contributed by atoms with Crippen LogP contribution in [-0.4, -0.2) is 32.1 Å². The third-order valence-corrected chi connectivity index (χ3v) is 4.45. The van der Waals surface area contributed by atoms with E-state index in [0.717, 1.165) is 22.4 Å². The van der Waals surface area contributed by atoms with E-state index >= 15 is 0 Å². The van der Waals surface area contributed by atoms with Crippen molar-refractivity contribution in [1.29, 1.82) is 0 Å². The fourth-order valence-electron chi connectivity index (χ4n) is 3.09. The van der Waals surface area contributed by atoms with E-state index in [-0.39, 0.29) is 11.9 Å². The molecule has 0 spiro atoms. The Kier molecular flexibility index (Phi) is 5.88. The van der Waals surface area contributed by atoms with Crippen LogP contribution in [0.4, 0.5) is 0 Å². The van der Waals surface area contributed by atoms with Crippen LogP contribution in [0.25, 0.3) is 6.08 Å². The molecule has 1 aliphatic heterocycles. The largest absolute Gasteiger partial charge is 0.497 e. The number of methoxy groups -OCH3 is 2. The Bertz CT molecular complexity index is 863. The van der Waals surface area contributed by atoms with Crippen molar-refractivity contribution >= 4 is 18.0 Å². The van der Waals surface area contributed by atoms with Gasteiger partial charge in [0, 0.05) is 6.08 Å². The molecule has 0 saturated heterocycles. The highest BCUT2D eigenvalue weighted by Gasteiger charge is 2.31. The Hall–Kier alpha value is -3.12. The van der Waals surface area contributed by atoms with Crippen LogP contribution in [0.3, 0.4) is 0 Å². The minimum atomic E-state index is -0.502. The molecule has 0 saturated carbocycles. The monoisotopic (exact) mass is 366 g/mol. The molecule has 140 valence electrons. The zero-order chi connectivity index (χ0) is 19.2. The van der Waals surface area contributed by atoms with Crippen molar-refractivity contribution in [3.8, 4) is 5.75 Å². The molecule has 6 heteroatoms. The van der Waals surface area contributed by atoms with Gasteiger partial charge < -0.3 is 14.8 Å². The highest BCUT2D eigenvalue weighted by molar-refractivity contribution is 5.92. The van der Waals surface area contributed by atoms with Crippen LogP contribution in [0.1, 0.15) is 22.9 Å². The second-order valence-electron chi connectivity index (χ2n) is 6.20. The summed E-state index contributed by atoms with van der Waals surface area (Å²) >= 11 is 0. The van der Waals surface area contributed by atoms with Crippen molar-refractivity contribution in [2.24, 2.45) is 0 Å². The van der Waals surface area contributed by atoms with Gasteiger partial charge in [-0.1, -0.05) is 36.4 Å². The van der Waals surface area contributed by atoms with Gasteiger partial charge >= 0.3 is 5.97 Å². The van der Waals surface area contributed by atoms with Gasteiger partial charge in [0.1, 0.15) is 18.0 Å². The molecule has 0 aromatic heterocycles. The minimum Gasteiger partial charge on any atom is -0.497 e. The third kappa shape index (κ3) is 4.54. The Morgan fingerprint density at radius 1 is 1.15 bits per heavy atom. The second-order valence-corrected chi connectivity index (χ2v) is 6.20. The normalized spacial score (nSPS) is 18.6. The van der Waals surface area contributed by atoms with Crippen LogP contribution in [0.15, 0.2) is 54.6 Å². The summed E-state index contributed by atoms with van der Waals surface area (Å²) in [4.78, 5) is 24.4. The summed E-state index contributed by atoms with van der Waals surface area (Å²) in [7, 11) is 2.95. The van der Waals surface area contributed by atoms with Gasteiger partial charge in [-0.05, 0) is 41.3 Å². The van der Waals surface area contributed by atoms with E-state index in [0.29, 0.717) is 6.42 Å². The molecule has 1 aliphatic rings. The molecule has 0 radical (unpaired) electrons. The molecule has 0 aliphatic carbocycles. The number of fused-ring (bicyclic) bond motifs is 1. The average Bonchev–Trinajstić information content (AvgIpc) is 2.71. The van der Waals surface area contributed by atoms with Crippen molar-refractivity contribution in [2.45, 2.75) is 18.6 Å². The number of esters is 1. The Balaban J connectivity index is 1.73. The van der Waals surface area contributed by atoms with Gasteiger partial charge in [-0.3, -0.25) is 14.9 Å². The number of carbonyl (C=O) groups excluding carboxylic acids is 2. The highest BCUT2D eigenvalue weighted by Crippen LogP contribution is 2.24. The third-order valence-electron chi connectivity index (χ3n) is 4.45. The van der Waals surface area contributed by atoms with Crippen LogP contribution >= 0.6 is 0 Å². The number of benzene rings is 2. The van der Waals surface area contributed by atoms with E-state index in [1.54, 1.807) is 13.2 Å². The van der Waals surface area contributed by atoms with Gasteiger partial charge in [0.05, 0.1) is 14.2 Å². The number of rotatable bonds is 5. The predicted molar refractivity (Wildman–Crippen MR) is 102 cm³/mol. The van der Waals surface area contributed by atoms with Gasteiger partial charge in [0.25, 0.3) is 0 Å². The van der Waals surface area contributed by atoms with Crippen molar-refractivity contribution < 1.29 is 19.1 Å². The smallest absolute Gasteiger partial charge is 0.323 e. The first kappa shape index (κ1) is 18.7. The van der Waals surface area contributed by atoms with Gasteiger partial charge in [0.2, 0.25) is 5.91 Å². The Morgan fingerprint density at radius 3 is 2.74 bits per heavy atom. The van der Waals surface area contributed by atoms with Crippen molar-refractivity contribution in [3.63, 3.8) is 0 Å². The van der Waals surface area contributed by atoms with Gasteiger partial charge in [0.15, 0.2) is 0 Å². The SMILES string of the molecule is COC(=O)C1Cc2ccccc2C(NC(=O)C=Cc2cccc(OC)c2)N1. The molecule has 27 heavy (non-hydrogen) atoms. The van der Waals surface area contributed by atoms with Crippen LogP contribution in [0, 0.1) is 0 Å². The summed E-state index contributed by atoms with van der Waals surface area (Å²) < 4.78 is 10.0. The van der Waals surface area contributed by atoms with Crippen LogP contribution in [0.5, 0.6) is 5.75 Å². The molecule has 0 fully saturated rings. The highest BCUT2D eigenvalue weighted by atomic mass is 16.5. The van der Waals surface area contributed by atoms with Gasteiger partial charge in [-0.15, -0.1) is 0 Å². The summed E-state index contributed by atoms with van der Waals surface area (Å²) in [5.41, 5.74) is 2.81. The molecule has 2 atom stereocenters. The maximum atomic E-state index is 12.4. The van der Waals surface area contributed by atoms with Crippen LogP contribution < -0.4 is 15.4 Å². The molecule has 1 amide bonds. The average molecular weight is 366 g/mol. The predicted octanol–water partition coefficient (Wildman–Crippen LogP) is 2.21. The molecule has 3 rings (SSSR count). The zero-order valence-electron chi connectivity index (χ0n) is 15.3. The maximum absolute atomic E-state index is 12.4. The number of hydrogen-bond donors (Lipinski definition) is 2. The molecule has 2 aromatic rings. The molecule has 2 unspecified atom stereocenters. The number of amides is 1. The minimum absolute atomic E-state index is 0.268. The lowest BCUT2D eigenvalue weighted by Crippen LogP contribution is -2.50. The number of hydrogen-bond acceptors (Lipinski definition) is 5. The molecule has 0 bridgehead atoms. The summed E-state index contributed by atoms with van der Waals surface area (Å²) in [6, 6.07) is 14.6. The lowest BCUT2D eigenvalue weighted by Gasteiger charge is -2.32. The summed E-state index contributed by atoms with van der Waals surface area (Å²) in [5.74, 6) is 0.104. The standard InChI is InChI=1S/C21H22N2O4/c1-26-16-8-5-6-14(12-16)10-11-19(24)23-20-17-9-4-3-7-15(17)13-18(22-20)21(25)27-2/h3-12,18,20,22H,13H2,1-2H3,(H,23,24). The first-order valence-electron chi connectivity index (χ1n) is 8.65. The van der Waals surface area contributed by atoms with E-state index in [9.17, 15) is 9.59 Å². The Labute approximate surface area is 158 Å². The quantitative estimate of drug-likeness (QED) is 0.627. The van der Waals surface area contributed by atoms with Crippen molar-refractivity contribution in [2.75, 3.05) is 14.2 Å². The van der Waals surface area contributed by atoms with Gasteiger partial charge in [-0.25, -0.2) is 0 Å². The summed E-state index contributed by atoms with van der Waals surface area (Å²) in [6.07, 6.45) is 3.22. The summed E-state index contributed by atoms with van der Waals surface area (Å²) in [5, 5.41) is 6.05. The molecule has 6 nitrogen and oxygen atoms in total. The van der Waals surface area contributed by atoms with Crippen molar-refractivity contribution in [3.05, 3.63) is 71.3 Å². The second kappa shape index (κ2) is 8.51. The zero-order valence-corrected chi connectivity index (χ0v) is 15.3. The van der Waals surface area contributed by atoms with Crippen molar-refractivity contribution in [1.82, 2.24) is 10.6 Å². The number of ether oxygens (including phenoxy) is 2. The summed E-state index contributed by atoms with van der Waals surface area (Å²) in [6.45, 7) is 0. The lowest BCUT2D eigenvalue weighted by atomic mass is 9.93. The topological polar surface area (TPSA) is 76.7 Å². The first-order valence-corrected chi connectivity index (χ1v) is 8.65. The molecule has 2 N–H and O–H groups in total. The number of carbonyl (C=O) groups is 2. The molecule has 1 heterocycles. The Morgan fingerprint density at radius 2 is 1.96 bits per heavy atom.